The summed E-state index contributed by atoms with van der Waals surface area (Å²) in [5, 5.41) is 19.6. The van der Waals surface area contributed by atoms with E-state index in [1.54, 1.807) is 13.2 Å². The first-order chi connectivity index (χ1) is 16.6. The van der Waals surface area contributed by atoms with Crippen molar-refractivity contribution in [1.82, 2.24) is 20.9 Å². The van der Waals surface area contributed by atoms with Crippen molar-refractivity contribution >= 4 is 22.7 Å². The van der Waals surface area contributed by atoms with E-state index in [2.05, 4.69) is 27.0 Å². The molecule has 34 heavy (non-hydrogen) atoms. The molecule has 182 valence electrons. The van der Waals surface area contributed by atoms with Crippen LogP contribution in [-0.4, -0.2) is 49.1 Å². The summed E-state index contributed by atoms with van der Waals surface area (Å²) in [5.41, 5.74) is 1.18. The van der Waals surface area contributed by atoms with E-state index in [0.717, 1.165) is 56.1 Å². The minimum Gasteiger partial charge on any atom is -0.496 e. The van der Waals surface area contributed by atoms with Crippen LogP contribution in [0.25, 0.3) is 10.9 Å². The fourth-order valence-corrected chi connectivity index (χ4v) is 5.32. The molecular weight excluding hydrogens is 430 g/mol. The fourth-order valence-electron chi connectivity index (χ4n) is 5.32. The Morgan fingerprint density at radius 2 is 1.97 bits per heavy atom. The van der Waals surface area contributed by atoms with Crippen molar-refractivity contribution in [3.05, 3.63) is 30.0 Å². The Morgan fingerprint density at radius 3 is 2.68 bits per heavy atom. The smallest absolute Gasteiger partial charge is 0.268 e. The maximum Gasteiger partial charge on any atom is 0.268 e. The van der Waals surface area contributed by atoms with Crippen molar-refractivity contribution in [2.75, 3.05) is 20.2 Å². The van der Waals surface area contributed by atoms with Gasteiger partial charge in [0.05, 0.1) is 13.2 Å². The van der Waals surface area contributed by atoms with Crippen molar-refractivity contribution in [3.8, 4) is 11.8 Å². The van der Waals surface area contributed by atoms with Gasteiger partial charge >= 0.3 is 0 Å². The van der Waals surface area contributed by atoms with Crippen LogP contribution in [0.4, 0.5) is 0 Å². The molecule has 2 aromatic rings. The zero-order chi connectivity index (χ0) is 23.9. The minimum atomic E-state index is -0.679. The molecule has 3 atom stereocenters. The van der Waals surface area contributed by atoms with Gasteiger partial charge in [-0.3, -0.25) is 9.59 Å². The monoisotopic (exact) mass is 465 g/mol. The molecule has 0 spiro atoms. The van der Waals surface area contributed by atoms with E-state index in [0.29, 0.717) is 36.1 Å². The lowest BCUT2D eigenvalue weighted by Crippen LogP contribution is -2.50. The molecule has 1 aromatic heterocycles. The number of benzene rings is 1. The van der Waals surface area contributed by atoms with Crippen LogP contribution < -0.4 is 20.7 Å². The lowest BCUT2D eigenvalue weighted by Gasteiger charge is -2.27. The van der Waals surface area contributed by atoms with Gasteiger partial charge in [0.25, 0.3) is 5.91 Å². The van der Waals surface area contributed by atoms with Crippen molar-refractivity contribution in [1.29, 1.82) is 5.26 Å². The average Bonchev–Trinajstić information content (AvgIpc) is 3.53. The largest absolute Gasteiger partial charge is 0.496 e. The number of rotatable bonds is 9. The van der Waals surface area contributed by atoms with Gasteiger partial charge in [-0.15, -0.1) is 0 Å². The Bertz CT molecular complexity index is 1030. The van der Waals surface area contributed by atoms with Gasteiger partial charge in [0.1, 0.15) is 23.5 Å². The van der Waals surface area contributed by atoms with Crippen LogP contribution in [0.5, 0.6) is 5.75 Å². The molecule has 8 heteroatoms. The molecule has 1 saturated heterocycles. The van der Waals surface area contributed by atoms with Crippen LogP contribution in [0, 0.1) is 23.2 Å². The Labute approximate surface area is 200 Å². The number of aromatic nitrogens is 1. The Morgan fingerprint density at radius 1 is 1.15 bits per heavy atom. The molecule has 0 radical (unpaired) electrons. The number of nitrogens with one attached hydrogen (secondary N) is 4. The highest BCUT2D eigenvalue weighted by molar-refractivity contribution is 6.01. The van der Waals surface area contributed by atoms with Gasteiger partial charge in [-0.2, -0.15) is 5.26 Å². The first-order valence-electron chi connectivity index (χ1n) is 12.4. The summed E-state index contributed by atoms with van der Waals surface area (Å²) in [6.45, 7) is 1.83. The molecule has 1 saturated carbocycles. The first-order valence-corrected chi connectivity index (χ1v) is 12.4. The lowest BCUT2D eigenvalue weighted by atomic mass is 9.84. The Hall–Kier alpha value is -3.05. The number of amides is 2. The van der Waals surface area contributed by atoms with Crippen LogP contribution in [0.1, 0.15) is 61.9 Å². The molecule has 8 nitrogen and oxygen atoms in total. The molecule has 0 bridgehead atoms. The molecule has 1 aliphatic carbocycles. The van der Waals surface area contributed by atoms with Crippen LogP contribution >= 0.6 is 0 Å². The molecule has 3 unspecified atom stereocenters. The van der Waals surface area contributed by atoms with E-state index in [9.17, 15) is 14.9 Å². The average molecular weight is 466 g/mol. The molecule has 4 N–H and O–H groups in total. The van der Waals surface area contributed by atoms with E-state index in [4.69, 9.17) is 4.74 Å². The molecule has 2 heterocycles. The zero-order valence-corrected chi connectivity index (χ0v) is 19.9. The number of H-pyrrole nitrogens is 1. The van der Waals surface area contributed by atoms with E-state index < -0.39 is 12.1 Å². The predicted octanol–water partition coefficient (Wildman–Crippen LogP) is 3.25. The topological polar surface area (TPSA) is 119 Å². The zero-order valence-electron chi connectivity index (χ0n) is 19.9. The summed E-state index contributed by atoms with van der Waals surface area (Å²) >= 11 is 0. The molecule has 4 rings (SSSR count). The Balaban J connectivity index is 1.47. The lowest BCUT2D eigenvalue weighted by molar-refractivity contribution is -0.124. The number of carbonyl (C=O) groups excluding carboxylic acids is 2. The molecule has 2 aliphatic rings. The van der Waals surface area contributed by atoms with Crippen LogP contribution in [0.2, 0.25) is 0 Å². The third-order valence-corrected chi connectivity index (χ3v) is 7.21. The normalized spacial score (nSPS) is 20.4. The van der Waals surface area contributed by atoms with Crippen LogP contribution in [0.15, 0.2) is 24.3 Å². The number of nitrogens with zero attached hydrogens (tertiary/aromatic N) is 1. The number of hydrogen-bond acceptors (Lipinski definition) is 5. The number of carbonyl (C=O) groups is 2. The van der Waals surface area contributed by atoms with Crippen molar-refractivity contribution in [2.45, 2.75) is 63.5 Å². The van der Waals surface area contributed by atoms with Crippen LogP contribution in [0.3, 0.4) is 0 Å². The number of nitriles is 1. The molecule has 1 aliphatic heterocycles. The molecular formula is C26H35N5O3. The number of hydrogen-bond donors (Lipinski definition) is 4. The van der Waals surface area contributed by atoms with Crippen LogP contribution in [-0.2, 0) is 4.79 Å². The summed E-state index contributed by atoms with van der Waals surface area (Å²) in [6.07, 6.45) is 7.90. The summed E-state index contributed by atoms with van der Waals surface area (Å²) in [6, 6.07) is 8.35. The minimum absolute atomic E-state index is 0.273. The van der Waals surface area contributed by atoms with Gasteiger partial charge in [-0.1, -0.05) is 38.2 Å². The first kappa shape index (κ1) is 24.1. The second kappa shape index (κ2) is 11.4. The summed E-state index contributed by atoms with van der Waals surface area (Å²) in [7, 11) is 1.60. The second-order valence-electron chi connectivity index (χ2n) is 9.66. The quantitative estimate of drug-likeness (QED) is 0.453. The van der Waals surface area contributed by atoms with E-state index in [1.807, 2.05) is 18.2 Å². The van der Waals surface area contributed by atoms with E-state index >= 15 is 0 Å². The molecule has 2 fully saturated rings. The summed E-state index contributed by atoms with van der Waals surface area (Å²) in [4.78, 5) is 29.6. The highest BCUT2D eigenvalue weighted by Crippen LogP contribution is 2.28. The number of fused-ring (bicyclic) bond motifs is 1. The SMILES string of the molecule is COc1cccc2[nH]c(C(=O)NC(CC3CCCCC3)C(=O)NC(C#N)CC3CCNC3)cc12. The highest BCUT2D eigenvalue weighted by Gasteiger charge is 2.29. The van der Waals surface area contributed by atoms with Crippen molar-refractivity contribution in [2.24, 2.45) is 11.8 Å². The highest BCUT2D eigenvalue weighted by atomic mass is 16.5. The van der Waals surface area contributed by atoms with E-state index in [1.165, 1.54) is 6.42 Å². The maximum atomic E-state index is 13.3. The summed E-state index contributed by atoms with van der Waals surface area (Å²) < 4.78 is 5.40. The number of methoxy groups -OCH3 is 1. The van der Waals surface area contributed by atoms with Gasteiger partial charge in [-0.05, 0) is 62.4 Å². The number of ether oxygens (including phenoxy) is 1. The van der Waals surface area contributed by atoms with Gasteiger partial charge in [0.15, 0.2) is 0 Å². The van der Waals surface area contributed by atoms with Gasteiger partial charge < -0.3 is 25.7 Å². The fraction of sp³-hybridized carbons (Fsp3) is 0.577. The van der Waals surface area contributed by atoms with Gasteiger partial charge in [-0.25, -0.2) is 0 Å². The Kier molecular flexibility index (Phi) is 8.07. The molecule has 2 amide bonds. The maximum absolute atomic E-state index is 13.3. The standard InChI is InChI=1S/C26H35N5O3/c1-34-24-9-5-8-21-20(24)14-23(30-21)26(33)31-22(13-17-6-3-2-4-7-17)25(32)29-19(15-27)12-18-10-11-28-16-18/h5,8-9,14,17-19,22,28,30H,2-4,6-7,10-13,16H2,1H3,(H,29,32)(H,31,33). The second-order valence-corrected chi connectivity index (χ2v) is 9.66. The molecule has 1 aromatic carbocycles. The number of aromatic amines is 1. The third kappa shape index (κ3) is 5.89. The van der Waals surface area contributed by atoms with Gasteiger partial charge in [0, 0.05) is 10.9 Å². The predicted molar refractivity (Wildman–Crippen MR) is 130 cm³/mol. The summed E-state index contributed by atoms with van der Waals surface area (Å²) in [5.74, 6) is 0.861. The van der Waals surface area contributed by atoms with E-state index in [-0.39, 0.29) is 11.8 Å². The third-order valence-electron chi connectivity index (χ3n) is 7.21. The van der Waals surface area contributed by atoms with Crippen molar-refractivity contribution < 1.29 is 14.3 Å². The van der Waals surface area contributed by atoms with Gasteiger partial charge in [0.2, 0.25) is 5.91 Å². The van der Waals surface area contributed by atoms with Crippen molar-refractivity contribution in [3.63, 3.8) is 0 Å².